The summed E-state index contributed by atoms with van der Waals surface area (Å²) in [6, 6.07) is 0.890. The Kier molecular flexibility index (Phi) is 3.21. The van der Waals surface area contributed by atoms with Gasteiger partial charge in [0.1, 0.15) is 0 Å². The lowest BCUT2D eigenvalue weighted by molar-refractivity contribution is -0.0280. The zero-order chi connectivity index (χ0) is 10.8. The van der Waals surface area contributed by atoms with E-state index >= 15 is 0 Å². The molecular weight excluding hydrogens is 196 g/mol. The Morgan fingerprint density at radius 1 is 1.06 bits per heavy atom. The maximum atomic E-state index is 3.60. The van der Waals surface area contributed by atoms with E-state index in [4.69, 9.17) is 0 Å². The monoisotopic (exact) mass is 222 g/mol. The van der Waals surface area contributed by atoms with Gasteiger partial charge >= 0.3 is 0 Å². The Bertz CT molecular complexity index is 221. The van der Waals surface area contributed by atoms with Gasteiger partial charge in [0, 0.05) is 19.1 Å². The summed E-state index contributed by atoms with van der Waals surface area (Å²) < 4.78 is 0. The smallest absolute Gasteiger partial charge is 0.00682 e. The molecule has 1 N–H and O–H groups in total. The second-order valence-corrected chi connectivity index (χ2v) is 6.35. The number of nitrogens with zero attached hydrogens (tertiary/aromatic N) is 1. The molecule has 0 aromatic heterocycles. The van der Waals surface area contributed by atoms with E-state index < -0.39 is 0 Å². The predicted molar refractivity (Wildman–Crippen MR) is 67.6 cm³/mol. The summed E-state index contributed by atoms with van der Waals surface area (Å²) in [5.74, 6) is 0. The van der Waals surface area contributed by atoms with Gasteiger partial charge in [-0.2, -0.15) is 0 Å². The molecule has 0 atom stereocenters. The van der Waals surface area contributed by atoms with Crippen molar-refractivity contribution in [3.8, 4) is 0 Å². The molecule has 0 aromatic carbocycles. The third-order valence-electron chi connectivity index (χ3n) is 4.69. The Morgan fingerprint density at radius 2 is 1.81 bits per heavy atom. The summed E-state index contributed by atoms with van der Waals surface area (Å²) in [5.41, 5.74) is 0.780. The van der Waals surface area contributed by atoms with E-state index in [-0.39, 0.29) is 0 Å². The highest BCUT2D eigenvalue weighted by Crippen LogP contribution is 2.43. The van der Waals surface area contributed by atoms with Gasteiger partial charge in [0.15, 0.2) is 0 Å². The van der Waals surface area contributed by atoms with Crippen LogP contribution in [-0.2, 0) is 0 Å². The molecule has 0 radical (unpaired) electrons. The zero-order valence-electron chi connectivity index (χ0n) is 10.5. The average Bonchev–Trinajstić information content (AvgIpc) is 3.07. The van der Waals surface area contributed by atoms with E-state index in [9.17, 15) is 0 Å². The predicted octanol–water partition coefficient (Wildman–Crippen LogP) is 2.39. The second-order valence-electron chi connectivity index (χ2n) is 6.35. The summed E-state index contributed by atoms with van der Waals surface area (Å²) in [7, 11) is 0. The van der Waals surface area contributed by atoms with Crippen LogP contribution in [0.1, 0.15) is 51.4 Å². The third kappa shape index (κ3) is 2.60. The lowest BCUT2D eigenvalue weighted by atomic mass is 9.68. The molecule has 3 fully saturated rings. The molecule has 2 nitrogen and oxygen atoms in total. The van der Waals surface area contributed by atoms with E-state index in [2.05, 4.69) is 10.2 Å². The van der Waals surface area contributed by atoms with E-state index in [1.807, 2.05) is 0 Å². The molecule has 0 unspecified atom stereocenters. The Labute approximate surface area is 99.8 Å². The van der Waals surface area contributed by atoms with Crippen LogP contribution in [0.3, 0.4) is 0 Å². The topological polar surface area (TPSA) is 15.3 Å². The normalized spacial score (nSPS) is 29.2. The molecule has 16 heavy (non-hydrogen) atoms. The summed E-state index contributed by atoms with van der Waals surface area (Å²) >= 11 is 0. The van der Waals surface area contributed by atoms with E-state index in [1.165, 1.54) is 77.5 Å². The van der Waals surface area contributed by atoms with Crippen LogP contribution in [0.5, 0.6) is 0 Å². The summed E-state index contributed by atoms with van der Waals surface area (Å²) in [6.07, 6.45) is 11.7. The van der Waals surface area contributed by atoms with Gasteiger partial charge in [-0.25, -0.2) is 0 Å². The summed E-state index contributed by atoms with van der Waals surface area (Å²) in [4.78, 5) is 2.68. The van der Waals surface area contributed by atoms with Crippen LogP contribution in [0.15, 0.2) is 0 Å². The quantitative estimate of drug-likeness (QED) is 0.719. The fourth-order valence-corrected chi connectivity index (χ4v) is 3.57. The van der Waals surface area contributed by atoms with E-state index in [0.29, 0.717) is 0 Å². The molecular formula is C14H26N2. The number of rotatable bonds is 5. The largest absolute Gasteiger partial charge is 0.314 e. The molecule has 0 aromatic rings. The van der Waals surface area contributed by atoms with E-state index in [0.717, 1.165) is 11.5 Å². The lowest BCUT2D eigenvalue weighted by Crippen LogP contribution is -2.57. The van der Waals surface area contributed by atoms with Gasteiger partial charge in [-0.15, -0.1) is 0 Å². The highest BCUT2D eigenvalue weighted by Gasteiger charge is 2.42. The molecule has 2 heteroatoms. The van der Waals surface area contributed by atoms with Crippen LogP contribution >= 0.6 is 0 Å². The van der Waals surface area contributed by atoms with Crippen molar-refractivity contribution in [3.05, 3.63) is 0 Å². The van der Waals surface area contributed by atoms with Gasteiger partial charge in [0.2, 0.25) is 0 Å². The standard InChI is InChI=1S/C14H26N2/c1-2-7-14(8-3-1)11-16(12-14)10-4-9-15-13-5-6-13/h13,15H,1-12H2. The van der Waals surface area contributed by atoms with Gasteiger partial charge in [-0.1, -0.05) is 19.3 Å². The summed E-state index contributed by atoms with van der Waals surface area (Å²) in [6.45, 7) is 5.41. The summed E-state index contributed by atoms with van der Waals surface area (Å²) in [5, 5.41) is 3.60. The number of hydrogen-bond acceptors (Lipinski definition) is 2. The van der Waals surface area contributed by atoms with Crippen molar-refractivity contribution in [2.24, 2.45) is 5.41 Å². The molecule has 0 bridgehead atoms. The van der Waals surface area contributed by atoms with E-state index in [1.54, 1.807) is 0 Å². The van der Waals surface area contributed by atoms with Crippen molar-refractivity contribution in [2.45, 2.75) is 57.4 Å². The maximum Gasteiger partial charge on any atom is 0.00682 e. The molecule has 0 amide bonds. The number of nitrogens with one attached hydrogen (secondary N) is 1. The molecule has 2 aliphatic carbocycles. The van der Waals surface area contributed by atoms with Gasteiger partial charge < -0.3 is 10.2 Å². The van der Waals surface area contributed by atoms with Crippen molar-refractivity contribution in [3.63, 3.8) is 0 Å². The molecule has 1 spiro atoms. The van der Waals surface area contributed by atoms with Crippen LogP contribution in [-0.4, -0.2) is 37.1 Å². The van der Waals surface area contributed by atoms with Gasteiger partial charge in [0.25, 0.3) is 0 Å². The molecule has 3 rings (SSSR count). The van der Waals surface area contributed by atoms with Crippen molar-refractivity contribution >= 4 is 0 Å². The molecule has 1 heterocycles. The van der Waals surface area contributed by atoms with Crippen LogP contribution in [0.2, 0.25) is 0 Å². The molecule has 1 saturated heterocycles. The van der Waals surface area contributed by atoms with Gasteiger partial charge in [-0.05, 0) is 50.6 Å². The van der Waals surface area contributed by atoms with Crippen LogP contribution in [0.25, 0.3) is 0 Å². The highest BCUT2D eigenvalue weighted by molar-refractivity contribution is 4.96. The minimum atomic E-state index is 0.780. The Morgan fingerprint density at radius 3 is 2.50 bits per heavy atom. The minimum Gasteiger partial charge on any atom is -0.314 e. The Balaban J connectivity index is 1.27. The maximum absolute atomic E-state index is 3.60. The second kappa shape index (κ2) is 4.66. The molecule has 92 valence electrons. The van der Waals surface area contributed by atoms with Crippen molar-refractivity contribution in [2.75, 3.05) is 26.2 Å². The van der Waals surface area contributed by atoms with Crippen LogP contribution in [0, 0.1) is 5.41 Å². The molecule has 3 aliphatic rings. The third-order valence-corrected chi connectivity index (χ3v) is 4.69. The van der Waals surface area contributed by atoms with Crippen molar-refractivity contribution in [1.82, 2.24) is 10.2 Å². The van der Waals surface area contributed by atoms with Gasteiger partial charge in [-0.3, -0.25) is 0 Å². The number of hydrogen-bond donors (Lipinski definition) is 1. The fourth-order valence-electron chi connectivity index (χ4n) is 3.57. The zero-order valence-corrected chi connectivity index (χ0v) is 10.5. The minimum absolute atomic E-state index is 0.780. The van der Waals surface area contributed by atoms with Crippen molar-refractivity contribution < 1.29 is 0 Å². The molecule has 1 aliphatic heterocycles. The number of likely N-dealkylation sites (tertiary alicyclic amines) is 1. The first-order valence-corrected chi connectivity index (χ1v) is 7.32. The van der Waals surface area contributed by atoms with Gasteiger partial charge in [0.05, 0.1) is 0 Å². The first-order chi connectivity index (χ1) is 7.86. The SMILES string of the molecule is C1CCC2(CC1)CN(CCCNC1CC1)C2. The highest BCUT2D eigenvalue weighted by atomic mass is 15.2. The van der Waals surface area contributed by atoms with Crippen molar-refractivity contribution in [1.29, 1.82) is 0 Å². The lowest BCUT2D eigenvalue weighted by Gasteiger charge is -2.52. The molecule has 2 saturated carbocycles. The van der Waals surface area contributed by atoms with Crippen LogP contribution in [0.4, 0.5) is 0 Å². The van der Waals surface area contributed by atoms with Crippen LogP contribution < -0.4 is 5.32 Å². The fraction of sp³-hybridized carbons (Fsp3) is 1.00. The average molecular weight is 222 g/mol. The first-order valence-electron chi connectivity index (χ1n) is 7.32. The Hall–Kier alpha value is -0.0800. The first kappa shape index (κ1) is 11.0.